The summed E-state index contributed by atoms with van der Waals surface area (Å²) in [6.07, 6.45) is 1.86. The second-order valence-electron chi connectivity index (χ2n) is 5.30. The third-order valence-electron chi connectivity index (χ3n) is 3.35. The summed E-state index contributed by atoms with van der Waals surface area (Å²) in [5.74, 6) is 0.446. The maximum atomic E-state index is 11.9. The van der Waals surface area contributed by atoms with Gasteiger partial charge in [0, 0.05) is 10.9 Å². The summed E-state index contributed by atoms with van der Waals surface area (Å²) in [6.45, 7) is 8.48. The van der Waals surface area contributed by atoms with E-state index in [-0.39, 0.29) is 12.6 Å². The van der Waals surface area contributed by atoms with Gasteiger partial charge in [0.1, 0.15) is 17.4 Å². The normalized spacial score (nSPS) is 11.8. The molecule has 6 heteroatoms. The lowest BCUT2D eigenvalue weighted by Crippen LogP contribution is -2.23. The largest absolute Gasteiger partial charge is 0.494 e. The molecule has 1 aromatic carbocycles. The van der Waals surface area contributed by atoms with Gasteiger partial charge >= 0.3 is 5.97 Å². The molecule has 1 heterocycles. The van der Waals surface area contributed by atoms with E-state index >= 15 is 0 Å². The fraction of sp³-hybridized carbons (Fsp3) is 0.368. The Kier molecular flexibility index (Phi) is 7.63. The van der Waals surface area contributed by atoms with E-state index in [4.69, 9.17) is 14.2 Å². The molecule has 25 heavy (non-hydrogen) atoms. The van der Waals surface area contributed by atoms with Gasteiger partial charge in [-0.1, -0.05) is 6.08 Å². The summed E-state index contributed by atoms with van der Waals surface area (Å²) < 4.78 is 16.1. The lowest BCUT2D eigenvalue weighted by Gasteiger charge is -2.11. The second-order valence-corrected chi connectivity index (χ2v) is 6.16. The summed E-state index contributed by atoms with van der Waals surface area (Å²) in [7, 11) is 0. The predicted octanol–water partition coefficient (Wildman–Crippen LogP) is 4.23. The third kappa shape index (κ3) is 5.99. The molecule has 134 valence electrons. The van der Waals surface area contributed by atoms with Crippen LogP contribution in [0.5, 0.6) is 5.75 Å². The van der Waals surface area contributed by atoms with E-state index in [1.54, 1.807) is 13.0 Å². The number of aromatic nitrogens is 1. The van der Waals surface area contributed by atoms with E-state index in [1.165, 1.54) is 11.3 Å². The van der Waals surface area contributed by atoms with Gasteiger partial charge in [-0.3, -0.25) is 0 Å². The average molecular weight is 361 g/mol. The summed E-state index contributed by atoms with van der Waals surface area (Å²) in [4.78, 5) is 16.4. The first-order chi connectivity index (χ1) is 12.1. The fourth-order valence-electron chi connectivity index (χ4n) is 2.02. The molecule has 0 saturated carbocycles. The van der Waals surface area contributed by atoms with E-state index in [0.29, 0.717) is 19.6 Å². The van der Waals surface area contributed by atoms with Crippen molar-refractivity contribution in [1.82, 2.24) is 4.98 Å². The highest BCUT2D eigenvalue weighted by Crippen LogP contribution is 2.26. The molecule has 2 rings (SSSR count). The van der Waals surface area contributed by atoms with Crippen molar-refractivity contribution in [2.24, 2.45) is 0 Å². The standard InChI is InChI=1S/C19H23NO4S/c1-4-6-11-23-14(3)19(21)24-12-16-13-25-18(20-16)15-7-9-17(10-8-15)22-5-2/h4,7-10,13-14H,1,5-6,11-12H2,2-3H3. The molecule has 0 aliphatic rings. The van der Waals surface area contributed by atoms with Gasteiger partial charge in [-0.15, -0.1) is 17.9 Å². The SMILES string of the molecule is C=CCCOC(C)C(=O)OCc1csc(-c2ccc(OCC)cc2)n1. The van der Waals surface area contributed by atoms with Gasteiger partial charge in [-0.2, -0.15) is 0 Å². The number of ether oxygens (including phenoxy) is 3. The first-order valence-corrected chi connectivity index (χ1v) is 9.08. The van der Waals surface area contributed by atoms with Crippen molar-refractivity contribution in [2.75, 3.05) is 13.2 Å². The molecule has 2 aromatic rings. The van der Waals surface area contributed by atoms with Crippen molar-refractivity contribution >= 4 is 17.3 Å². The highest BCUT2D eigenvalue weighted by Gasteiger charge is 2.15. The highest BCUT2D eigenvalue weighted by molar-refractivity contribution is 7.13. The Hall–Kier alpha value is -2.18. The third-order valence-corrected chi connectivity index (χ3v) is 4.29. The average Bonchev–Trinajstić information content (AvgIpc) is 3.09. The molecule has 0 fully saturated rings. The van der Waals surface area contributed by atoms with Crippen LogP contribution in [-0.4, -0.2) is 30.3 Å². The summed E-state index contributed by atoms with van der Waals surface area (Å²) >= 11 is 1.51. The maximum absolute atomic E-state index is 11.9. The Labute approximate surface area is 152 Å². The summed E-state index contributed by atoms with van der Waals surface area (Å²) in [5.41, 5.74) is 1.73. The second kappa shape index (κ2) is 9.96. The van der Waals surface area contributed by atoms with E-state index in [1.807, 2.05) is 36.6 Å². The van der Waals surface area contributed by atoms with Gasteiger partial charge in [-0.05, 0) is 44.5 Å². The van der Waals surface area contributed by atoms with E-state index in [9.17, 15) is 4.79 Å². The van der Waals surface area contributed by atoms with Crippen LogP contribution < -0.4 is 4.74 Å². The van der Waals surface area contributed by atoms with Gasteiger partial charge in [0.25, 0.3) is 0 Å². The molecule has 0 radical (unpaired) electrons. The minimum atomic E-state index is -0.593. The molecule has 1 unspecified atom stereocenters. The predicted molar refractivity (Wildman–Crippen MR) is 98.7 cm³/mol. The van der Waals surface area contributed by atoms with Crippen molar-refractivity contribution in [2.45, 2.75) is 33.0 Å². The number of carbonyl (C=O) groups is 1. The molecular formula is C19H23NO4S. The van der Waals surface area contributed by atoms with Crippen molar-refractivity contribution in [3.05, 3.63) is 48.0 Å². The van der Waals surface area contributed by atoms with Crippen LogP contribution >= 0.6 is 11.3 Å². The Morgan fingerprint density at radius 3 is 2.80 bits per heavy atom. The van der Waals surface area contributed by atoms with Crippen molar-refractivity contribution in [3.63, 3.8) is 0 Å². The number of carbonyl (C=O) groups excluding carboxylic acids is 1. The van der Waals surface area contributed by atoms with Crippen LogP contribution in [-0.2, 0) is 20.9 Å². The van der Waals surface area contributed by atoms with E-state index < -0.39 is 6.10 Å². The molecular weight excluding hydrogens is 338 g/mol. The van der Waals surface area contributed by atoms with Crippen LogP contribution in [0.1, 0.15) is 26.0 Å². The zero-order valence-corrected chi connectivity index (χ0v) is 15.4. The Bertz CT molecular complexity index is 681. The molecule has 0 amide bonds. The molecule has 1 atom stereocenters. The van der Waals surface area contributed by atoms with Gasteiger partial charge in [0.05, 0.1) is 18.9 Å². The first kappa shape index (κ1) is 19.1. The highest BCUT2D eigenvalue weighted by atomic mass is 32.1. The molecule has 0 spiro atoms. The number of nitrogens with zero attached hydrogens (tertiary/aromatic N) is 1. The van der Waals surface area contributed by atoms with E-state index in [2.05, 4.69) is 11.6 Å². The summed E-state index contributed by atoms with van der Waals surface area (Å²) in [6, 6.07) is 7.77. The smallest absolute Gasteiger partial charge is 0.335 e. The number of hydrogen-bond acceptors (Lipinski definition) is 6. The molecule has 0 bridgehead atoms. The van der Waals surface area contributed by atoms with Crippen molar-refractivity contribution < 1.29 is 19.0 Å². The number of hydrogen-bond donors (Lipinski definition) is 0. The molecule has 0 N–H and O–H groups in total. The molecule has 0 saturated heterocycles. The summed E-state index contributed by atoms with van der Waals surface area (Å²) in [5, 5.41) is 2.77. The first-order valence-electron chi connectivity index (χ1n) is 8.20. The van der Waals surface area contributed by atoms with Gasteiger partial charge in [0.15, 0.2) is 6.10 Å². The maximum Gasteiger partial charge on any atom is 0.335 e. The Morgan fingerprint density at radius 2 is 2.12 bits per heavy atom. The minimum absolute atomic E-state index is 0.140. The van der Waals surface area contributed by atoms with Crippen molar-refractivity contribution in [1.29, 1.82) is 0 Å². The van der Waals surface area contributed by atoms with Gasteiger partial charge < -0.3 is 14.2 Å². The lowest BCUT2D eigenvalue weighted by atomic mass is 10.2. The number of esters is 1. The number of thiazole rings is 1. The molecule has 0 aliphatic carbocycles. The molecule has 5 nitrogen and oxygen atoms in total. The van der Waals surface area contributed by atoms with Crippen LogP contribution in [0, 0.1) is 0 Å². The van der Waals surface area contributed by atoms with Gasteiger partial charge in [-0.25, -0.2) is 9.78 Å². The Morgan fingerprint density at radius 1 is 1.36 bits per heavy atom. The quantitative estimate of drug-likeness (QED) is 0.360. The molecule has 0 aliphatic heterocycles. The zero-order chi connectivity index (χ0) is 18.1. The lowest BCUT2D eigenvalue weighted by molar-refractivity contribution is -0.157. The van der Waals surface area contributed by atoms with Crippen LogP contribution in [0.15, 0.2) is 42.3 Å². The van der Waals surface area contributed by atoms with Crippen LogP contribution in [0.2, 0.25) is 0 Å². The van der Waals surface area contributed by atoms with Crippen LogP contribution in [0.4, 0.5) is 0 Å². The minimum Gasteiger partial charge on any atom is -0.494 e. The monoisotopic (exact) mass is 361 g/mol. The topological polar surface area (TPSA) is 57.7 Å². The van der Waals surface area contributed by atoms with E-state index in [0.717, 1.165) is 22.0 Å². The fourth-order valence-corrected chi connectivity index (χ4v) is 2.84. The zero-order valence-electron chi connectivity index (χ0n) is 14.6. The van der Waals surface area contributed by atoms with Gasteiger partial charge in [0.2, 0.25) is 0 Å². The number of rotatable bonds is 10. The van der Waals surface area contributed by atoms with Crippen molar-refractivity contribution in [3.8, 4) is 16.3 Å². The Balaban J connectivity index is 1.86. The number of benzene rings is 1. The van der Waals surface area contributed by atoms with Crippen LogP contribution in [0.25, 0.3) is 10.6 Å². The van der Waals surface area contributed by atoms with Crippen LogP contribution in [0.3, 0.4) is 0 Å². The molecule has 1 aromatic heterocycles.